The topological polar surface area (TPSA) is 207 Å². The highest BCUT2D eigenvalue weighted by molar-refractivity contribution is 5.90. The number of carbonyl (C=O) groups is 2. The second-order valence-corrected chi connectivity index (χ2v) is 17.7. The zero-order valence-corrected chi connectivity index (χ0v) is 36.6. The smallest absolute Gasteiger partial charge is 0.415 e. The molecule has 0 unspecified atom stereocenters. The van der Waals surface area contributed by atoms with Crippen molar-refractivity contribution >= 4 is 33.9 Å². The van der Waals surface area contributed by atoms with Crippen molar-refractivity contribution in [3.63, 3.8) is 0 Å². The molecule has 3 aliphatic rings. The Morgan fingerprint density at radius 2 is 1.78 bits per heavy atom. The molecule has 16 nitrogen and oxygen atoms in total. The van der Waals surface area contributed by atoms with Gasteiger partial charge in [-0.15, -0.1) is 0 Å². The van der Waals surface area contributed by atoms with Crippen molar-refractivity contribution in [1.82, 2.24) is 33.8 Å². The second kappa shape index (κ2) is 15.8. The number of nitrogens with zero attached hydrogens (tertiary/aromatic N) is 6. The third-order valence-electron chi connectivity index (χ3n) is 13.7. The summed E-state index contributed by atoms with van der Waals surface area (Å²) >= 11 is 0. The zero-order valence-electron chi connectivity index (χ0n) is 36.6. The van der Waals surface area contributed by atoms with E-state index in [-0.39, 0.29) is 59.5 Å². The number of aliphatic hydroxyl groups is 1. The van der Waals surface area contributed by atoms with Crippen molar-refractivity contribution in [2.45, 2.75) is 91.0 Å². The number of phenolic OH excluding ortho intramolecular Hbond substituents is 2. The van der Waals surface area contributed by atoms with E-state index in [0.717, 1.165) is 53.2 Å². The van der Waals surface area contributed by atoms with Gasteiger partial charge in [-0.3, -0.25) is 4.79 Å². The number of aromatic hydroxyl groups is 2. The number of nitrogens with one attached hydrogen (secondary N) is 1. The highest BCUT2D eigenvalue weighted by Crippen LogP contribution is 2.42. The van der Waals surface area contributed by atoms with Crippen LogP contribution in [0.1, 0.15) is 87.1 Å². The molecule has 16 heteroatoms. The van der Waals surface area contributed by atoms with Gasteiger partial charge in [-0.1, -0.05) is 27.7 Å². The molecule has 1 amide bonds. The first-order valence-corrected chi connectivity index (χ1v) is 22.2. The molecule has 3 aliphatic heterocycles. The fourth-order valence-corrected chi connectivity index (χ4v) is 9.97. The van der Waals surface area contributed by atoms with E-state index < -0.39 is 23.4 Å². The van der Waals surface area contributed by atoms with Crippen molar-refractivity contribution in [2.75, 3.05) is 13.1 Å². The normalized spacial score (nSPS) is 17.1. The number of piperidine rings is 1. The van der Waals surface area contributed by atoms with Crippen molar-refractivity contribution in [3.8, 4) is 45.7 Å². The first-order chi connectivity index (χ1) is 31.3. The zero-order chi connectivity index (χ0) is 45.5. The number of benzene rings is 3. The van der Waals surface area contributed by atoms with Crippen LogP contribution in [0.15, 0.2) is 76.4 Å². The molecule has 10 rings (SSSR count). The van der Waals surface area contributed by atoms with E-state index in [1.165, 1.54) is 10.6 Å². The molecule has 1 fully saturated rings. The van der Waals surface area contributed by atoms with Gasteiger partial charge in [0.05, 0.1) is 40.3 Å². The van der Waals surface area contributed by atoms with Gasteiger partial charge in [-0.05, 0) is 110 Å². The molecule has 0 radical (unpaired) electrons. The summed E-state index contributed by atoms with van der Waals surface area (Å²) in [4.78, 5) is 59.6. The molecule has 65 heavy (non-hydrogen) atoms. The Balaban J connectivity index is 0.795. The number of rotatable bonds is 9. The lowest BCUT2D eigenvalue weighted by Gasteiger charge is -2.31. The number of aromatic nitrogens is 6. The predicted molar refractivity (Wildman–Crippen MR) is 241 cm³/mol. The summed E-state index contributed by atoms with van der Waals surface area (Å²) in [5.74, 6) is 0.0650. The molecule has 0 bridgehead atoms. The maximum absolute atomic E-state index is 13.7. The average molecular weight is 880 g/mol. The van der Waals surface area contributed by atoms with E-state index in [4.69, 9.17) is 14.5 Å². The number of ether oxygens (including phenoxy) is 2. The van der Waals surface area contributed by atoms with Gasteiger partial charge < -0.3 is 38.8 Å². The Bertz CT molecular complexity index is 3230. The minimum atomic E-state index is -1.91. The number of H-pyrrole nitrogens is 1. The van der Waals surface area contributed by atoms with Crippen LogP contribution < -0.4 is 16.0 Å². The van der Waals surface area contributed by atoms with E-state index in [9.17, 15) is 34.5 Å². The molecule has 7 heterocycles. The molecule has 1 saturated heterocycles. The number of hydrogen-bond donors (Lipinski definition) is 4. The number of pyridine rings is 2. The Morgan fingerprint density at radius 3 is 2.54 bits per heavy atom. The van der Waals surface area contributed by atoms with Gasteiger partial charge >= 0.3 is 17.8 Å². The molecule has 1 atom stereocenters. The average Bonchev–Trinajstić information content (AvgIpc) is 4.00. The summed E-state index contributed by atoms with van der Waals surface area (Å²) < 4.78 is 16.4. The molecule has 0 spiro atoms. The van der Waals surface area contributed by atoms with E-state index >= 15 is 0 Å². The molecule has 3 aromatic carbocycles. The van der Waals surface area contributed by atoms with Crippen LogP contribution in [0.25, 0.3) is 50.3 Å². The van der Waals surface area contributed by atoms with Crippen LogP contribution >= 0.6 is 0 Å². The molecular formula is C49H49N7O9. The van der Waals surface area contributed by atoms with Gasteiger partial charge in [-0.2, -0.15) is 5.10 Å². The van der Waals surface area contributed by atoms with Gasteiger partial charge in [-0.25, -0.2) is 29.0 Å². The predicted octanol–water partition coefficient (Wildman–Crippen LogP) is 6.97. The van der Waals surface area contributed by atoms with Gasteiger partial charge in [0, 0.05) is 59.3 Å². The van der Waals surface area contributed by atoms with Gasteiger partial charge in [0.25, 0.3) is 5.56 Å². The Labute approximate surface area is 372 Å². The lowest BCUT2D eigenvalue weighted by molar-refractivity contribution is -0.172. The standard InChI is InChI=1S/C49H49N7O9/c1-5-31-33-20-30(8-9-38(33)50-43-35(31)24-55-40(43)22-37-36(45(55)59)25-64-46(60)49(37,63)6-2)65-48(62)54-16-12-27(13-17-54)11-15-53-18-14-28-19-29(7-10-39(28)53)56-44(51-52-47(56)61)34-21-32(26(3)4)41(57)23-42(34)58/h7-10,14,18-23,26-27,57-58,63H,5-6,11-13,15-17,24-25H2,1-4H3,(H,52,61)/t49-/m0/s1. The Hall–Kier alpha value is -7.20. The van der Waals surface area contributed by atoms with Gasteiger partial charge in [0.1, 0.15) is 23.9 Å². The van der Waals surface area contributed by atoms with Gasteiger partial charge in [0.2, 0.25) is 0 Å². The van der Waals surface area contributed by atoms with Crippen LogP contribution in [0.5, 0.6) is 17.2 Å². The van der Waals surface area contributed by atoms with Gasteiger partial charge in [0.15, 0.2) is 11.4 Å². The third kappa shape index (κ3) is 6.85. The first-order valence-electron chi connectivity index (χ1n) is 22.2. The largest absolute Gasteiger partial charge is 0.508 e. The number of hydrogen-bond acceptors (Lipinski definition) is 11. The fourth-order valence-electron chi connectivity index (χ4n) is 9.97. The fraction of sp³-hybridized carbons (Fsp3) is 0.347. The number of cyclic esters (lactones) is 1. The van der Waals surface area contributed by atoms with Crippen molar-refractivity contribution in [1.29, 1.82) is 0 Å². The van der Waals surface area contributed by atoms with Crippen LogP contribution in [0.2, 0.25) is 0 Å². The van der Waals surface area contributed by atoms with Crippen molar-refractivity contribution in [2.24, 2.45) is 5.92 Å². The summed E-state index contributed by atoms with van der Waals surface area (Å²) in [6, 6.07) is 17.8. The molecule has 7 aromatic rings. The molecule has 4 N–H and O–H groups in total. The van der Waals surface area contributed by atoms with Crippen LogP contribution in [0, 0.1) is 5.92 Å². The lowest BCUT2D eigenvalue weighted by Crippen LogP contribution is -2.44. The number of esters is 1. The highest BCUT2D eigenvalue weighted by Gasteiger charge is 2.45. The molecule has 0 saturated carbocycles. The van der Waals surface area contributed by atoms with Crippen LogP contribution in [-0.2, 0) is 41.2 Å². The first kappa shape index (κ1) is 41.8. The van der Waals surface area contributed by atoms with Crippen molar-refractivity contribution < 1.29 is 34.4 Å². The summed E-state index contributed by atoms with van der Waals surface area (Å²) in [6.45, 7) is 9.58. The van der Waals surface area contributed by atoms with E-state index in [1.807, 2.05) is 63.4 Å². The van der Waals surface area contributed by atoms with E-state index in [2.05, 4.69) is 14.8 Å². The number of fused-ring (bicyclic) bond motifs is 6. The number of amides is 1. The summed E-state index contributed by atoms with van der Waals surface area (Å²) in [5.41, 5.74) is 4.15. The SMILES string of the molecule is CCc1c2c(nc3ccc(OC(=O)N4CCC(CCn5ccc6cc(-n7c(-c8cc(C(C)C)c(O)cc8O)n[nH]c7=O)ccc65)CC4)cc13)-c1cc3c(c(=O)n1C2)COC(=O)[C@]3(O)CC. The quantitative estimate of drug-likeness (QED) is 0.109. The maximum atomic E-state index is 13.7. The number of aromatic amines is 1. The molecular weight excluding hydrogens is 831 g/mol. The summed E-state index contributed by atoms with van der Waals surface area (Å²) in [7, 11) is 0. The summed E-state index contributed by atoms with van der Waals surface area (Å²) in [5, 5.41) is 40.9. The minimum Gasteiger partial charge on any atom is -0.508 e. The third-order valence-corrected chi connectivity index (χ3v) is 13.7. The minimum absolute atomic E-state index is 0.0184. The monoisotopic (exact) mass is 879 g/mol. The molecule has 0 aliphatic carbocycles. The molecule has 4 aromatic heterocycles. The van der Waals surface area contributed by atoms with Crippen molar-refractivity contribution in [3.05, 3.63) is 116 Å². The number of carbonyl (C=O) groups excluding carboxylic acids is 2. The van der Waals surface area contributed by atoms with Crippen LogP contribution in [-0.4, -0.2) is 74.3 Å². The number of aryl methyl sites for hydroxylation is 2. The van der Waals surface area contributed by atoms with E-state index in [0.29, 0.717) is 64.9 Å². The lowest BCUT2D eigenvalue weighted by atomic mass is 9.86. The second-order valence-electron chi connectivity index (χ2n) is 17.7. The van der Waals surface area contributed by atoms with Crippen LogP contribution in [0.3, 0.4) is 0 Å². The maximum Gasteiger partial charge on any atom is 0.415 e. The highest BCUT2D eigenvalue weighted by atomic mass is 16.6. The Kier molecular flexibility index (Phi) is 10.2. The molecule has 334 valence electrons. The van der Waals surface area contributed by atoms with E-state index in [1.54, 1.807) is 34.6 Å². The Morgan fingerprint density at radius 1 is 0.985 bits per heavy atom. The summed E-state index contributed by atoms with van der Waals surface area (Å²) in [6.07, 6.45) is 4.91. The van der Waals surface area contributed by atoms with Crippen LogP contribution in [0.4, 0.5) is 4.79 Å². The number of phenols is 2. The number of likely N-dealkylation sites (tertiary alicyclic amines) is 1.